The summed E-state index contributed by atoms with van der Waals surface area (Å²) in [6.07, 6.45) is 2.68. The van der Waals surface area contributed by atoms with Gasteiger partial charge in [-0.2, -0.15) is 0 Å². The summed E-state index contributed by atoms with van der Waals surface area (Å²) >= 11 is 0. The van der Waals surface area contributed by atoms with Crippen LogP contribution in [-0.4, -0.2) is 54.9 Å². The molecule has 1 heterocycles. The van der Waals surface area contributed by atoms with E-state index in [0.29, 0.717) is 0 Å². The van der Waals surface area contributed by atoms with Crippen molar-refractivity contribution in [2.45, 2.75) is 38.7 Å². The number of nitrogens with one attached hydrogen (secondary N) is 1. The molecule has 1 aliphatic rings. The number of amides is 2. The summed E-state index contributed by atoms with van der Waals surface area (Å²) in [5, 5.41) is 11.4. The molecule has 0 aromatic rings. The van der Waals surface area contributed by atoms with Gasteiger partial charge in [0.2, 0.25) is 0 Å². The molecule has 1 rings (SSSR count). The molecule has 0 aliphatic carbocycles. The average molecular weight is 272 g/mol. The van der Waals surface area contributed by atoms with Gasteiger partial charge in [-0.1, -0.05) is 13.3 Å². The molecule has 0 aromatic carbocycles. The van der Waals surface area contributed by atoms with Gasteiger partial charge in [-0.15, -0.1) is 0 Å². The summed E-state index contributed by atoms with van der Waals surface area (Å²) in [5.41, 5.74) is 0. The minimum Gasteiger partial charge on any atom is -0.481 e. The minimum atomic E-state index is -0.926. The van der Waals surface area contributed by atoms with Crippen molar-refractivity contribution in [3.63, 3.8) is 0 Å². The predicted molar refractivity (Wildman–Crippen MR) is 71.0 cm³/mol. The highest BCUT2D eigenvalue weighted by Gasteiger charge is 2.22. The third kappa shape index (κ3) is 5.46. The largest absolute Gasteiger partial charge is 0.481 e. The van der Waals surface area contributed by atoms with Crippen molar-refractivity contribution in [1.82, 2.24) is 10.2 Å². The third-order valence-corrected chi connectivity index (χ3v) is 3.70. The predicted octanol–water partition coefficient (Wildman–Crippen LogP) is 1.31. The lowest BCUT2D eigenvalue weighted by Gasteiger charge is -2.31. The van der Waals surface area contributed by atoms with E-state index in [1.54, 1.807) is 4.90 Å². The molecular weight excluding hydrogens is 248 g/mol. The molecule has 1 fully saturated rings. The van der Waals surface area contributed by atoms with E-state index in [-0.39, 0.29) is 19.0 Å². The summed E-state index contributed by atoms with van der Waals surface area (Å²) in [4.78, 5) is 24.3. The first-order chi connectivity index (χ1) is 9.06. The molecule has 6 nitrogen and oxygen atoms in total. The highest BCUT2D eigenvalue weighted by Crippen LogP contribution is 2.19. The molecule has 2 amide bonds. The Morgan fingerprint density at radius 1 is 1.42 bits per heavy atom. The van der Waals surface area contributed by atoms with Gasteiger partial charge in [0, 0.05) is 26.7 Å². The van der Waals surface area contributed by atoms with Crippen molar-refractivity contribution in [2.24, 2.45) is 5.92 Å². The second-order valence-corrected chi connectivity index (χ2v) is 4.98. The van der Waals surface area contributed by atoms with Crippen molar-refractivity contribution >= 4 is 12.0 Å². The standard InChI is InChI=1S/C13H24N2O4/c1-3-10-4-6-15(7-5-10)13(18)14-9-11(19-2)8-12(16)17/h10-11H,3-9H2,1-2H3,(H,14,18)(H,16,17). The number of carbonyl (C=O) groups excluding carboxylic acids is 1. The van der Waals surface area contributed by atoms with Crippen LogP contribution in [0.2, 0.25) is 0 Å². The third-order valence-electron chi connectivity index (χ3n) is 3.70. The summed E-state index contributed by atoms with van der Waals surface area (Å²) in [7, 11) is 1.45. The fourth-order valence-electron chi connectivity index (χ4n) is 2.29. The molecule has 0 aromatic heterocycles. The second kappa shape index (κ2) is 7.99. The Morgan fingerprint density at radius 3 is 2.53 bits per heavy atom. The van der Waals surface area contributed by atoms with Crippen LogP contribution in [0.15, 0.2) is 0 Å². The molecule has 110 valence electrons. The maximum absolute atomic E-state index is 11.9. The first-order valence-electron chi connectivity index (χ1n) is 6.84. The van der Waals surface area contributed by atoms with Gasteiger partial charge < -0.3 is 20.1 Å². The summed E-state index contributed by atoms with van der Waals surface area (Å²) < 4.78 is 5.02. The lowest BCUT2D eigenvalue weighted by molar-refractivity contribution is -0.139. The van der Waals surface area contributed by atoms with Gasteiger partial charge in [0.1, 0.15) is 0 Å². The van der Waals surface area contributed by atoms with E-state index < -0.39 is 12.1 Å². The maximum Gasteiger partial charge on any atom is 0.317 e. The van der Waals surface area contributed by atoms with E-state index in [9.17, 15) is 9.59 Å². The number of rotatable bonds is 6. The molecule has 1 saturated heterocycles. The number of hydrogen-bond donors (Lipinski definition) is 2. The zero-order valence-corrected chi connectivity index (χ0v) is 11.7. The van der Waals surface area contributed by atoms with Crippen LogP contribution in [0.25, 0.3) is 0 Å². The van der Waals surface area contributed by atoms with Gasteiger partial charge in [0.15, 0.2) is 0 Å². The van der Waals surface area contributed by atoms with E-state index in [1.807, 2.05) is 0 Å². The van der Waals surface area contributed by atoms with Crippen molar-refractivity contribution in [2.75, 3.05) is 26.7 Å². The van der Waals surface area contributed by atoms with Crippen molar-refractivity contribution in [3.05, 3.63) is 0 Å². The van der Waals surface area contributed by atoms with E-state index in [0.717, 1.165) is 31.8 Å². The molecule has 2 N–H and O–H groups in total. The Bertz CT molecular complexity index is 301. The molecule has 1 aliphatic heterocycles. The average Bonchev–Trinajstić information content (AvgIpc) is 2.42. The second-order valence-electron chi connectivity index (χ2n) is 4.98. The fourth-order valence-corrected chi connectivity index (χ4v) is 2.29. The zero-order valence-electron chi connectivity index (χ0n) is 11.7. The van der Waals surface area contributed by atoms with Gasteiger partial charge in [-0.05, 0) is 18.8 Å². The Morgan fingerprint density at radius 2 is 2.05 bits per heavy atom. The number of methoxy groups -OCH3 is 1. The molecule has 1 atom stereocenters. The number of aliphatic carboxylic acids is 1. The molecule has 6 heteroatoms. The van der Waals surface area contributed by atoms with E-state index >= 15 is 0 Å². The zero-order chi connectivity index (χ0) is 14.3. The van der Waals surface area contributed by atoms with Crippen LogP contribution in [0.5, 0.6) is 0 Å². The maximum atomic E-state index is 11.9. The quantitative estimate of drug-likeness (QED) is 0.764. The van der Waals surface area contributed by atoms with E-state index in [4.69, 9.17) is 9.84 Å². The number of nitrogens with zero attached hydrogens (tertiary/aromatic N) is 1. The number of piperidine rings is 1. The minimum absolute atomic E-state index is 0.102. The van der Waals surface area contributed by atoms with Gasteiger partial charge in [0.05, 0.1) is 12.5 Å². The first-order valence-corrected chi connectivity index (χ1v) is 6.84. The summed E-state index contributed by atoms with van der Waals surface area (Å²) in [6, 6.07) is -0.123. The summed E-state index contributed by atoms with van der Waals surface area (Å²) in [5.74, 6) is -0.201. The summed E-state index contributed by atoms with van der Waals surface area (Å²) in [6.45, 7) is 3.96. The number of carbonyl (C=O) groups is 2. The molecule has 1 unspecified atom stereocenters. The highest BCUT2D eigenvalue weighted by atomic mass is 16.5. The Balaban J connectivity index is 2.29. The van der Waals surface area contributed by atoms with Gasteiger partial charge >= 0.3 is 12.0 Å². The normalized spacial score (nSPS) is 18.1. The number of carboxylic acids is 1. The van der Waals surface area contributed by atoms with Crippen molar-refractivity contribution in [1.29, 1.82) is 0 Å². The molecule has 0 radical (unpaired) electrons. The van der Waals surface area contributed by atoms with Crippen LogP contribution in [0.3, 0.4) is 0 Å². The monoisotopic (exact) mass is 272 g/mol. The lowest BCUT2D eigenvalue weighted by atomic mass is 9.95. The number of ether oxygens (including phenoxy) is 1. The van der Waals surface area contributed by atoms with Crippen LogP contribution in [-0.2, 0) is 9.53 Å². The lowest BCUT2D eigenvalue weighted by Crippen LogP contribution is -2.46. The van der Waals surface area contributed by atoms with Gasteiger partial charge in [-0.3, -0.25) is 4.79 Å². The van der Waals surface area contributed by atoms with Crippen LogP contribution in [0.1, 0.15) is 32.6 Å². The molecule has 0 bridgehead atoms. The highest BCUT2D eigenvalue weighted by molar-refractivity contribution is 5.74. The smallest absolute Gasteiger partial charge is 0.317 e. The Hall–Kier alpha value is -1.30. The Kier molecular flexibility index (Phi) is 6.62. The van der Waals surface area contributed by atoms with Crippen LogP contribution >= 0.6 is 0 Å². The van der Waals surface area contributed by atoms with Crippen LogP contribution in [0, 0.1) is 5.92 Å². The molecule has 0 spiro atoms. The fraction of sp³-hybridized carbons (Fsp3) is 0.846. The number of carboxylic acid groups (broad SMARTS) is 1. The first kappa shape index (κ1) is 15.8. The van der Waals surface area contributed by atoms with Crippen LogP contribution in [0.4, 0.5) is 4.79 Å². The van der Waals surface area contributed by atoms with Crippen LogP contribution < -0.4 is 5.32 Å². The molecular formula is C13H24N2O4. The van der Waals surface area contributed by atoms with Gasteiger partial charge in [0.25, 0.3) is 0 Å². The Labute approximate surface area is 114 Å². The molecule has 0 saturated carbocycles. The number of hydrogen-bond acceptors (Lipinski definition) is 3. The van der Waals surface area contributed by atoms with E-state index in [1.165, 1.54) is 13.5 Å². The molecule has 19 heavy (non-hydrogen) atoms. The topological polar surface area (TPSA) is 78.9 Å². The van der Waals surface area contributed by atoms with E-state index in [2.05, 4.69) is 12.2 Å². The number of likely N-dealkylation sites (tertiary alicyclic amines) is 1. The SMILES string of the molecule is CCC1CCN(C(=O)NCC(CC(=O)O)OC)CC1. The number of urea groups is 1. The van der Waals surface area contributed by atoms with Crippen molar-refractivity contribution < 1.29 is 19.4 Å². The van der Waals surface area contributed by atoms with Gasteiger partial charge in [-0.25, -0.2) is 4.79 Å². The van der Waals surface area contributed by atoms with Crippen molar-refractivity contribution in [3.8, 4) is 0 Å².